The summed E-state index contributed by atoms with van der Waals surface area (Å²) in [5.74, 6) is 1.17. The summed E-state index contributed by atoms with van der Waals surface area (Å²) in [5, 5.41) is 24.4. The molecule has 130 valence electrons. The molecule has 2 saturated carbocycles. The highest BCUT2D eigenvalue weighted by atomic mass is 16.6. The van der Waals surface area contributed by atoms with Gasteiger partial charge in [-0.25, -0.2) is 0 Å². The van der Waals surface area contributed by atoms with Crippen molar-refractivity contribution in [2.45, 2.75) is 57.9 Å². The van der Waals surface area contributed by atoms with Gasteiger partial charge in [-0.2, -0.15) is 0 Å². The third-order valence-electron chi connectivity index (χ3n) is 6.67. The Bertz CT molecular complexity index is 840. The summed E-state index contributed by atoms with van der Waals surface area (Å²) in [6.07, 6.45) is 3.14. The van der Waals surface area contributed by atoms with Crippen molar-refractivity contribution in [1.29, 1.82) is 0 Å². The zero-order chi connectivity index (χ0) is 21.2. The highest BCUT2D eigenvalue weighted by Crippen LogP contribution is 2.60. The Morgan fingerprint density at radius 3 is 3.17 bits per heavy atom. The largest absolute Gasteiger partial charge is 0.508 e. The Morgan fingerprint density at radius 1 is 1.46 bits per heavy atom. The topological polar surface area (TPSA) is 62.0 Å². The number of aromatic hydroxyl groups is 1. The molecule has 0 unspecified atom stereocenters. The van der Waals surface area contributed by atoms with Gasteiger partial charge in [0.2, 0.25) is 0 Å². The van der Waals surface area contributed by atoms with Gasteiger partial charge in [0.05, 0.1) is 14.6 Å². The van der Waals surface area contributed by atoms with Crippen LogP contribution in [0.3, 0.4) is 0 Å². The Morgan fingerprint density at radius 2 is 2.33 bits per heavy atom. The first-order valence-corrected chi connectivity index (χ1v) is 8.70. The highest BCUT2D eigenvalue weighted by Gasteiger charge is 2.57. The molecule has 0 aromatic heterocycles. The normalized spacial score (nSPS) is 43.4. The molecule has 1 aromatic rings. The van der Waals surface area contributed by atoms with Crippen molar-refractivity contribution in [2.75, 3.05) is 6.56 Å². The number of aryl methyl sites for hydroxylation is 1. The maximum atomic E-state index is 10.7. The van der Waals surface area contributed by atoms with E-state index in [1.54, 1.807) is 6.07 Å². The lowest BCUT2D eigenvalue weighted by Crippen LogP contribution is -2.43. The minimum atomic E-state index is -2.96. The van der Waals surface area contributed by atoms with E-state index in [0.717, 1.165) is 25.7 Å². The second-order valence-corrected chi connectivity index (χ2v) is 7.68. The molecule has 2 N–H and O–H groups in total. The molecule has 4 nitrogen and oxygen atoms in total. The molecule has 0 saturated heterocycles. The average molecular weight is 334 g/mol. The number of nitrogens with zero attached hydrogens (tertiary/aromatic N) is 1. The highest BCUT2D eigenvalue weighted by molar-refractivity contribution is 5.95. The first-order valence-electron chi connectivity index (χ1n) is 11.2. The van der Waals surface area contributed by atoms with Crippen LogP contribution in [0.1, 0.15) is 63.4 Å². The van der Waals surface area contributed by atoms with E-state index in [1.807, 2.05) is 19.1 Å². The average Bonchev–Trinajstić information content (AvgIpc) is 2.88. The molecule has 2 fully saturated rings. The minimum Gasteiger partial charge on any atom is -0.508 e. The summed E-state index contributed by atoms with van der Waals surface area (Å²) in [6.45, 7) is -3.84. The van der Waals surface area contributed by atoms with Gasteiger partial charge in [0, 0.05) is 9.53 Å². The lowest BCUT2D eigenvalue weighted by atomic mass is 9.55. The molecule has 0 spiro atoms. The number of hydrogen-bond acceptors (Lipinski definition) is 4. The number of aliphatic hydroxyl groups is 1. The fraction of sp³-hybridized carbons (Fsp3) is 0.650. The second kappa shape index (κ2) is 5.76. The summed E-state index contributed by atoms with van der Waals surface area (Å²) < 4.78 is 37.1. The SMILES string of the molecule is [2H]C([2H])([2H])C([2H])([2H])O/N=C1/[C@H](O)C[C@H]2[C@@H]3CCc4cc(O)ccc4[C@H]3CC[C@]12C. The van der Waals surface area contributed by atoms with Gasteiger partial charge in [-0.3, -0.25) is 0 Å². The quantitative estimate of drug-likeness (QED) is 0.812. The molecule has 4 heteroatoms. The standard InChI is InChI=1S/C20H27NO3/c1-3-24-21-19-18(23)11-17-16-6-4-12-10-13(22)5-7-14(12)15(16)8-9-20(17,19)2/h5,7,10,15-18,22-23H,3-4,6,8-9,11H2,1-2H3/b21-19-/t15-,16-,17+,18-,20+/m1/s1/i1D3,3D2. The number of hydrogen-bond donors (Lipinski definition) is 2. The first kappa shape index (κ1) is 11.1. The third-order valence-corrected chi connectivity index (χ3v) is 6.67. The molecule has 0 heterocycles. The lowest BCUT2D eigenvalue weighted by molar-refractivity contribution is 0.0833. The molecule has 3 aliphatic carbocycles. The number of phenols is 1. The zero-order valence-electron chi connectivity index (χ0n) is 18.8. The van der Waals surface area contributed by atoms with Crippen LogP contribution in [0.15, 0.2) is 23.4 Å². The lowest BCUT2D eigenvalue weighted by Gasteiger charge is -2.48. The van der Waals surface area contributed by atoms with Crippen LogP contribution in [0, 0.1) is 17.3 Å². The predicted octanol–water partition coefficient (Wildman–Crippen LogP) is 3.61. The van der Waals surface area contributed by atoms with Crippen molar-refractivity contribution in [3.8, 4) is 5.75 Å². The zero-order valence-corrected chi connectivity index (χ0v) is 13.8. The maximum absolute atomic E-state index is 10.7. The van der Waals surface area contributed by atoms with Gasteiger partial charge in [-0.15, -0.1) is 0 Å². The second-order valence-electron chi connectivity index (χ2n) is 7.68. The smallest absolute Gasteiger partial charge is 0.115 e. The monoisotopic (exact) mass is 334 g/mol. The Balaban J connectivity index is 1.62. The van der Waals surface area contributed by atoms with Gasteiger partial charge >= 0.3 is 0 Å². The number of oxime groups is 1. The van der Waals surface area contributed by atoms with E-state index < -0.39 is 24.9 Å². The van der Waals surface area contributed by atoms with Gasteiger partial charge in [-0.1, -0.05) is 18.1 Å². The number of phenolic OH excluding ortho intramolecular Hbond substituents is 1. The minimum absolute atomic E-state index is 0.166. The van der Waals surface area contributed by atoms with E-state index in [-0.39, 0.29) is 11.7 Å². The van der Waals surface area contributed by atoms with Crippen molar-refractivity contribution in [1.82, 2.24) is 0 Å². The van der Waals surface area contributed by atoms with Crippen LogP contribution in [-0.2, 0) is 11.3 Å². The van der Waals surface area contributed by atoms with E-state index in [2.05, 4.69) is 5.16 Å². The van der Waals surface area contributed by atoms with Gasteiger partial charge in [0.1, 0.15) is 12.3 Å². The van der Waals surface area contributed by atoms with Crippen LogP contribution in [-0.4, -0.2) is 28.6 Å². The predicted molar refractivity (Wildman–Crippen MR) is 93.2 cm³/mol. The van der Waals surface area contributed by atoms with E-state index in [9.17, 15) is 10.2 Å². The Labute approximate surface area is 150 Å². The molecule has 5 atom stereocenters. The number of fused-ring (bicyclic) bond motifs is 5. The fourth-order valence-electron chi connectivity index (χ4n) is 5.61. The summed E-state index contributed by atoms with van der Waals surface area (Å²) in [7, 11) is 0. The fourth-order valence-corrected chi connectivity index (χ4v) is 5.61. The molecule has 4 rings (SSSR count). The molecular formula is C20H27NO3. The summed E-state index contributed by atoms with van der Waals surface area (Å²) >= 11 is 0. The summed E-state index contributed by atoms with van der Waals surface area (Å²) in [6, 6.07) is 5.59. The van der Waals surface area contributed by atoms with Crippen LogP contribution >= 0.6 is 0 Å². The third kappa shape index (κ3) is 2.26. The molecule has 1 aromatic carbocycles. The van der Waals surface area contributed by atoms with Gasteiger partial charge in [-0.05, 0) is 80.0 Å². The van der Waals surface area contributed by atoms with Gasteiger partial charge < -0.3 is 15.1 Å². The van der Waals surface area contributed by atoms with E-state index in [0.29, 0.717) is 24.0 Å². The van der Waals surface area contributed by atoms with Gasteiger partial charge in [0.15, 0.2) is 0 Å². The molecule has 0 bridgehead atoms. The molecule has 0 aliphatic heterocycles. The molecule has 0 radical (unpaired) electrons. The van der Waals surface area contributed by atoms with E-state index >= 15 is 0 Å². The molecule has 0 amide bonds. The van der Waals surface area contributed by atoms with Crippen LogP contribution in [0.5, 0.6) is 5.75 Å². The molecule has 24 heavy (non-hydrogen) atoms. The molecular weight excluding hydrogens is 302 g/mol. The van der Waals surface area contributed by atoms with Gasteiger partial charge in [0.25, 0.3) is 0 Å². The summed E-state index contributed by atoms with van der Waals surface area (Å²) in [5.41, 5.74) is 2.39. The van der Waals surface area contributed by atoms with Crippen molar-refractivity contribution < 1.29 is 21.9 Å². The summed E-state index contributed by atoms with van der Waals surface area (Å²) in [4.78, 5) is 4.84. The Kier molecular flexibility index (Phi) is 2.68. The first-order chi connectivity index (χ1) is 13.4. The van der Waals surface area contributed by atoms with Crippen molar-refractivity contribution >= 4 is 5.71 Å². The maximum Gasteiger partial charge on any atom is 0.115 e. The Hall–Kier alpha value is -1.55. The van der Waals surface area contributed by atoms with Crippen molar-refractivity contribution in [3.05, 3.63) is 29.3 Å². The van der Waals surface area contributed by atoms with Crippen molar-refractivity contribution in [3.63, 3.8) is 0 Å². The van der Waals surface area contributed by atoms with E-state index in [1.165, 1.54) is 11.1 Å². The number of aliphatic hydroxyl groups excluding tert-OH is 1. The van der Waals surface area contributed by atoms with E-state index in [4.69, 9.17) is 11.7 Å². The molecule has 3 aliphatic rings. The number of rotatable bonds is 2. The van der Waals surface area contributed by atoms with Crippen LogP contribution in [0.2, 0.25) is 0 Å². The van der Waals surface area contributed by atoms with Crippen LogP contribution in [0.25, 0.3) is 0 Å². The van der Waals surface area contributed by atoms with Crippen molar-refractivity contribution in [2.24, 2.45) is 22.4 Å². The van der Waals surface area contributed by atoms with Crippen LogP contribution in [0.4, 0.5) is 0 Å². The van der Waals surface area contributed by atoms with Crippen LogP contribution < -0.4 is 0 Å². The number of benzene rings is 1.